The lowest BCUT2D eigenvalue weighted by molar-refractivity contribution is 0.101. The van der Waals surface area contributed by atoms with E-state index < -0.39 is 5.82 Å². The van der Waals surface area contributed by atoms with Crippen molar-refractivity contribution in [2.75, 3.05) is 10.6 Å². The number of thiazole rings is 1. The first-order valence-electron chi connectivity index (χ1n) is 8.52. The average Bonchev–Trinajstić information content (AvgIpc) is 3.42. The van der Waals surface area contributed by atoms with Crippen LogP contribution in [0.5, 0.6) is 0 Å². The average molecular weight is 381 g/mol. The molecule has 27 heavy (non-hydrogen) atoms. The van der Waals surface area contributed by atoms with Crippen molar-refractivity contribution in [3.8, 4) is 0 Å². The SMILES string of the molecule is O=C(Nc1cccc(C(=O)Nc2nc(C3CC3)cs2)c1)c1ccc(F)cc1. The Kier molecular flexibility index (Phi) is 4.68. The van der Waals surface area contributed by atoms with E-state index >= 15 is 0 Å². The van der Waals surface area contributed by atoms with E-state index in [4.69, 9.17) is 0 Å². The molecule has 1 aromatic heterocycles. The summed E-state index contributed by atoms with van der Waals surface area (Å²) in [4.78, 5) is 29.1. The summed E-state index contributed by atoms with van der Waals surface area (Å²) in [6, 6.07) is 11.9. The second-order valence-corrected chi connectivity index (χ2v) is 7.21. The summed E-state index contributed by atoms with van der Waals surface area (Å²) in [5, 5.41) is 8.05. The van der Waals surface area contributed by atoms with Gasteiger partial charge in [0.15, 0.2) is 5.13 Å². The van der Waals surface area contributed by atoms with E-state index in [0.29, 0.717) is 27.9 Å². The summed E-state index contributed by atoms with van der Waals surface area (Å²) in [6.45, 7) is 0. The maximum atomic E-state index is 13.0. The topological polar surface area (TPSA) is 71.1 Å². The molecule has 1 heterocycles. The maximum absolute atomic E-state index is 13.0. The predicted molar refractivity (Wildman–Crippen MR) is 103 cm³/mol. The lowest BCUT2D eigenvalue weighted by Gasteiger charge is -2.07. The van der Waals surface area contributed by atoms with Crippen molar-refractivity contribution in [3.05, 3.63) is 76.5 Å². The predicted octanol–water partition coefficient (Wildman–Crippen LogP) is 4.66. The number of nitrogens with zero attached hydrogens (tertiary/aromatic N) is 1. The van der Waals surface area contributed by atoms with Crippen molar-refractivity contribution in [2.24, 2.45) is 0 Å². The fourth-order valence-electron chi connectivity index (χ4n) is 2.62. The van der Waals surface area contributed by atoms with Crippen LogP contribution in [-0.2, 0) is 0 Å². The normalized spacial score (nSPS) is 13.2. The molecule has 0 saturated heterocycles. The molecule has 2 aromatic carbocycles. The van der Waals surface area contributed by atoms with Gasteiger partial charge in [0.25, 0.3) is 11.8 Å². The molecule has 5 nitrogen and oxygen atoms in total. The zero-order valence-corrected chi connectivity index (χ0v) is 15.1. The molecule has 0 radical (unpaired) electrons. The quantitative estimate of drug-likeness (QED) is 0.675. The summed E-state index contributed by atoms with van der Waals surface area (Å²) < 4.78 is 13.0. The first kappa shape index (κ1) is 17.4. The highest BCUT2D eigenvalue weighted by molar-refractivity contribution is 7.14. The van der Waals surface area contributed by atoms with Crippen LogP contribution >= 0.6 is 11.3 Å². The van der Waals surface area contributed by atoms with Crippen molar-refractivity contribution in [3.63, 3.8) is 0 Å². The Morgan fingerprint density at radius 1 is 1.00 bits per heavy atom. The second-order valence-electron chi connectivity index (χ2n) is 6.35. The number of anilines is 2. The molecule has 7 heteroatoms. The van der Waals surface area contributed by atoms with E-state index in [-0.39, 0.29) is 11.8 Å². The van der Waals surface area contributed by atoms with Crippen LogP contribution in [0.15, 0.2) is 53.9 Å². The number of carbonyl (C=O) groups is 2. The van der Waals surface area contributed by atoms with Gasteiger partial charge in [0.05, 0.1) is 5.69 Å². The van der Waals surface area contributed by atoms with Crippen LogP contribution in [-0.4, -0.2) is 16.8 Å². The van der Waals surface area contributed by atoms with Gasteiger partial charge in [-0.25, -0.2) is 9.37 Å². The Bertz CT molecular complexity index is 996. The molecular formula is C20H16FN3O2S. The van der Waals surface area contributed by atoms with Crippen molar-refractivity contribution >= 4 is 34.0 Å². The molecule has 2 N–H and O–H groups in total. The number of hydrogen-bond donors (Lipinski definition) is 2. The van der Waals surface area contributed by atoms with Crippen LogP contribution in [0.3, 0.4) is 0 Å². The largest absolute Gasteiger partial charge is 0.322 e. The van der Waals surface area contributed by atoms with Gasteiger partial charge in [-0.15, -0.1) is 11.3 Å². The Balaban J connectivity index is 1.43. The molecule has 3 aromatic rings. The minimum atomic E-state index is -0.405. The summed E-state index contributed by atoms with van der Waals surface area (Å²) in [5.41, 5.74) is 2.27. The molecular weight excluding hydrogens is 365 g/mol. The third kappa shape index (κ3) is 4.20. The van der Waals surface area contributed by atoms with Crippen molar-refractivity contribution in [2.45, 2.75) is 18.8 Å². The molecule has 1 saturated carbocycles. The number of benzene rings is 2. The van der Waals surface area contributed by atoms with Crippen LogP contribution < -0.4 is 10.6 Å². The lowest BCUT2D eigenvalue weighted by atomic mass is 10.1. The minimum absolute atomic E-state index is 0.287. The van der Waals surface area contributed by atoms with Crippen molar-refractivity contribution in [1.82, 2.24) is 4.98 Å². The van der Waals surface area contributed by atoms with E-state index in [1.807, 2.05) is 5.38 Å². The van der Waals surface area contributed by atoms with E-state index in [1.54, 1.807) is 24.3 Å². The molecule has 1 aliphatic carbocycles. The Morgan fingerprint density at radius 3 is 2.48 bits per heavy atom. The molecule has 0 spiro atoms. The molecule has 0 atom stereocenters. The molecule has 1 aliphatic rings. The molecule has 136 valence electrons. The van der Waals surface area contributed by atoms with E-state index in [2.05, 4.69) is 15.6 Å². The smallest absolute Gasteiger partial charge is 0.257 e. The van der Waals surface area contributed by atoms with Gasteiger partial charge in [0, 0.05) is 28.1 Å². The van der Waals surface area contributed by atoms with Crippen molar-refractivity contribution < 1.29 is 14.0 Å². The third-order valence-corrected chi connectivity index (χ3v) is 5.00. The van der Waals surface area contributed by atoms with Crippen LogP contribution in [0.4, 0.5) is 15.2 Å². The van der Waals surface area contributed by atoms with Crippen LogP contribution in [0.1, 0.15) is 45.2 Å². The fourth-order valence-corrected chi connectivity index (χ4v) is 3.41. The molecule has 4 rings (SSSR count). The number of carbonyl (C=O) groups excluding carboxylic acids is 2. The molecule has 2 amide bonds. The van der Waals surface area contributed by atoms with Gasteiger partial charge in [-0.1, -0.05) is 6.07 Å². The van der Waals surface area contributed by atoms with E-state index in [0.717, 1.165) is 18.5 Å². The molecule has 1 fully saturated rings. The highest BCUT2D eigenvalue weighted by Crippen LogP contribution is 2.40. The highest BCUT2D eigenvalue weighted by Gasteiger charge is 2.26. The van der Waals surface area contributed by atoms with Crippen LogP contribution in [0.2, 0.25) is 0 Å². The monoisotopic (exact) mass is 381 g/mol. The van der Waals surface area contributed by atoms with Gasteiger partial charge in [-0.3, -0.25) is 14.9 Å². The summed E-state index contributed by atoms with van der Waals surface area (Å²) in [7, 11) is 0. The molecule has 0 bridgehead atoms. The van der Waals surface area contributed by atoms with Gasteiger partial charge in [-0.2, -0.15) is 0 Å². The first-order valence-corrected chi connectivity index (χ1v) is 9.40. The highest BCUT2D eigenvalue weighted by atomic mass is 32.1. The zero-order chi connectivity index (χ0) is 18.8. The van der Waals surface area contributed by atoms with Gasteiger partial charge < -0.3 is 5.32 Å². The Labute approximate surface area is 159 Å². The Morgan fingerprint density at radius 2 is 1.74 bits per heavy atom. The maximum Gasteiger partial charge on any atom is 0.257 e. The summed E-state index contributed by atoms with van der Waals surface area (Å²) in [6.07, 6.45) is 2.32. The number of aromatic nitrogens is 1. The number of hydrogen-bond acceptors (Lipinski definition) is 4. The minimum Gasteiger partial charge on any atom is -0.322 e. The van der Waals surface area contributed by atoms with E-state index in [9.17, 15) is 14.0 Å². The van der Waals surface area contributed by atoms with Crippen LogP contribution in [0.25, 0.3) is 0 Å². The summed E-state index contributed by atoms with van der Waals surface area (Å²) in [5.74, 6) is -0.528. The number of rotatable bonds is 5. The first-order chi connectivity index (χ1) is 13.1. The number of halogens is 1. The molecule has 0 unspecified atom stereocenters. The zero-order valence-electron chi connectivity index (χ0n) is 14.2. The Hall–Kier alpha value is -3.06. The van der Waals surface area contributed by atoms with Gasteiger partial charge in [0.1, 0.15) is 5.82 Å². The van der Waals surface area contributed by atoms with Gasteiger partial charge >= 0.3 is 0 Å². The van der Waals surface area contributed by atoms with Gasteiger partial charge in [-0.05, 0) is 55.3 Å². The van der Waals surface area contributed by atoms with Crippen LogP contribution in [0, 0.1) is 5.82 Å². The number of amides is 2. The lowest BCUT2D eigenvalue weighted by Crippen LogP contribution is -2.14. The summed E-state index contributed by atoms with van der Waals surface area (Å²) >= 11 is 1.41. The van der Waals surface area contributed by atoms with Crippen molar-refractivity contribution in [1.29, 1.82) is 0 Å². The molecule has 0 aliphatic heterocycles. The standard InChI is InChI=1S/C20H16FN3O2S/c21-15-8-6-13(7-9-15)18(25)22-16-3-1-2-14(10-16)19(26)24-20-23-17(11-27-20)12-4-5-12/h1-3,6-12H,4-5H2,(H,22,25)(H,23,24,26). The van der Waals surface area contributed by atoms with Gasteiger partial charge in [0.2, 0.25) is 0 Å². The second kappa shape index (κ2) is 7.28. The fraction of sp³-hybridized carbons (Fsp3) is 0.150. The third-order valence-electron chi connectivity index (χ3n) is 4.23. The van der Waals surface area contributed by atoms with E-state index in [1.165, 1.54) is 35.6 Å². The number of nitrogens with one attached hydrogen (secondary N) is 2.